The second-order valence-electron chi connectivity index (χ2n) is 6.04. The van der Waals surface area contributed by atoms with E-state index < -0.39 is 14.6 Å². The van der Waals surface area contributed by atoms with Crippen LogP contribution in [0.15, 0.2) is 35.3 Å². The van der Waals surface area contributed by atoms with Crippen molar-refractivity contribution in [2.24, 2.45) is 4.99 Å². The summed E-state index contributed by atoms with van der Waals surface area (Å²) in [6, 6.07) is 9.94. The molecule has 5 nitrogen and oxygen atoms in total. The Hall–Kier alpha value is -1.56. The number of sulfone groups is 1. The molecule has 0 atom stereocenters. The van der Waals surface area contributed by atoms with Crippen LogP contribution in [0.25, 0.3) is 0 Å². The van der Waals surface area contributed by atoms with Gasteiger partial charge < -0.3 is 10.6 Å². The molecule has 0 aliphatic carbocycles. The lowest BCUT2D eigenvalue weighted by Gasteiger charge is -2.19. The van der Waals surface area contributed by atoms with E-state index in [9.17, 15) is 8.42 Å². The van der Waals surface area contributed by atoms with Crippen molar-refractivity contribution in [3.05, 3.63) is 35.9 Å². The Morgan fingerprint density at radius 1 is 1.14 bits per heavy atom. The molecule has 0 saturated heterocycles. The van der Waals surface area contributed by atoms with Gasteiger partial charge in [0.1, 0.15) is 0 Å². The second kappa shape index (κ2) is 8.17. The van der Waals surface area contributed by atoms with Crippen molar-refractivity contribution in [3.8, 4) is 0 Å². The maximum Gasteiger partial charge on any atom is 0.191 e. The minimum absolute atomic E-state index is 0.0895. The van der Waals surface area contributed by atoms with E-state index in [0.29, 0.717) is 19.0 Å². The third-order valence-corrected chi connectivity index (χ3v) is 5.81. The molecule has 0 aliphatic heterocycles. The molecule has 0 fully saturated rings. The monoisotopic (exact) mass is 325 g/mol. The van der Waals surface area contributed by atoms with Gasteiger partial charge in [-0.05, 0) is 33.3 Å². The number of guanidine groups is 1. The van der Waals surface area contributed by atoms with Crippen molar-refractivity contribution in [2.45, 2.75) is 39.0 Å². The molecule has 0 spiro atoms. The number of hydrogen-bond acceptors (Lipinski definition) is 3. The van der Waals surface area contributed by atoms with Gasteiger partial charge in [-0.1, -0.05) is 30.3 Å². The van der Waals surface area contributed by atoms with Crippen LogP contribution in [0, 0.1) is 0 Å². The smallest absolute Gasteiger partial charge is 0.191 e. The summed E-state index contributed by atoms with van der Waals surface area (Å²) in [5.74, 6) is 0.724. The van der Waals surface area contributed by atoms with E-state index in [4.69, 9.17) is 0 Å². The lowest BCUT2D eigenvalue weighted by Crippen LogP contribution is -2.41. The van der Waals surface area contributed by atoms with Crippen molar-refractivity contribution in [1.82, 2.24) is 10.6 Å². The molecule has 0 heterocycles. The predicted octanol–water partition coefficient (Wildman–Crippen LogP) is 1.95. The minimum Gasteiger partial charge on any atom is -0.357 e. The van der Waals surface area contributed by atoms with Crippen LogP contribution in [0.2, 0.25) is 0 Å². The van der Waals surface area contributed by atoms with E-state index in [-0.39, 0.29) is 5.75 Å². The number of aliphatic imine (C=N–C) groups is 1. The van der Waals surface area contributed by atoms with E-state index in [1.165, 1.54) is 0 Å². The van der Waals surface area contributed by atoms with Crippen molar-refractivity contribution in [3.63, 3.8) is 0 Å². The molecule has 1 aromatic carbocycles. The van der Waals surface area contributed by atoms with Crippen molar-refractivity contribution < 1.29 is 8.42 Å². The SMILES string of the molecule is CCNC(=NCc1ccccc1)NCCS(=O)(=O)C(C)(C)C. The van der Waals surface area contributed by atoms with Gasteiger partial charge in [0.15, 0.2) is 15.8 Å². The van der Waals surface area contributed by atoms with Gasteiger partial charge >= 0.3 is 0 Å². The highest BCUT2D eigenvalue weighted by molar-refractivity contribution is 7.92. The van der Waals surface area contributed by atoms with Gasteiger partial charge in [-0.3, -0.25) is 0 Å². The molecule has 124 valence electrons. The number of benzene rings is 1. The molecule has 2 N–H and O–H groups in total. The van der Waals surface area contributed by atoms with Crippen LogP contribution >= 0.6 is 0 Å². The Labute approximate surface area is 134 Å². The quantitative estimate of drug-likeness (QED) is 0.619. The predicted molar refractivity (Wildman–Crippen MR) is 92.8 cm³/mol. The number of hydrogen-bond donors (Lipinski definition) is 2. The van der Waals surface area contributed by atoms with E-state index >= 15 is 0 Å². The molecule has 1 aromatic rings. The Morgan fingerprint density at radius 3 is 2.32 bits per heavy atom. The molecular formula is C16H27N3O2S. The van der Waals surface area contributed by atoms with Gasteiger partial charge in [-0.15, -0.1) is 0 Å². The van der Waals surface area contributed by atoms with Crippen LogP contribution in [0.4, 0.5) is 0 Å². The average Bonchev–Trinajstić information content (AvgIpc) is 2.44. The standard InChI is InChI=1S/C16H27N3O2S/c1-5-17-15(19-13-14-9-7-6-8-10-14)18-11-12-22(20,21)16(2,3)4/h6-10H,5,11-13H2,1-4H3,(H2,17,18,19). The molecule has 1 rings (SSSR count). The summed E-state index contributed by atoms with van der Waals surface area (Å²) in [6.45, 7) is 8.77. The van der Waals surface area contributed by atoms with E-state index in [2.05, 4.69) is 15.6 Å². The van der Waals surface area contributed by atoms with Gasteiger partial charge in [0.05, 0.1) is 17.0 Å². The fourth-order valence-corrected chi connectivity index (χ4v) is 2.69. The summed E-state index contributed by atoms with van der Waals surface area (Å²) >= 11 is 0. The molecule has 0 saturated carbocycles. The van der Waals surface area contributed by atoms with Gasteiger partial charge in [0.25, 0.3) is 0 Å². The average molecular weight is 325 g/mol. The third-order valence-electron chi connectivity index (χ3n) is 3.20. The lowest BCUT2D eigenvalue weighted by molar-refractivity contribution is 0.559. The Bertz CT molecular complexity index is 575. The molecule has 0 aliphatic rings. The van der Waals surface area contributed by atoms with Crippen LogP contribution in [-0.2, 0) is 16.4 Å². The summed E-state index contributed by atoms with van der Waals surface area (Å²) in [7, 11) is -3.12. The molecule has 0 unspecified atom stereocenters. The normalized spacial score (nSPS) is 13.0. The first-order valence-electron chi connectivity index (χ1n) is 7.54. The summed E-state index contributed by atoms with van der Waals surface area (Å²) in [4.78, 5) is 4.47. The molecule has 6 heteroatoms. The third kappa shape index (κ3) is 6.05. The Kier molecular flexibility index (Phi) is 6.87. The maximum atomic E-state index is 12.1. The molecule has 0 aromatic heterocycles. The summed E-state index contributed by atoms with van der Waals surface area (Å²) in [5, 5.41) is 6.20. The Balaban J connectivity index is 2.58. The van der Waals surface area contributed by atoms with E-state index in [1.54, 1.807) is 20.8 Å². The molecule has 0 bridgehead atoms. The first kappa shape index (κ1) is 18.5. The van der Waals surface area contributed by atoms with Crippen molar-refractivity contribution >= 4 is 15.8 Å². The molecule has 0 amide bonds. The van der Waals surface area contributed by atoms with Gasteiger partial charge in [0, 0.05) is 13.1 Å². The zero-order valence-corrected chi connectivity index (χ0v) is 14.7. The number of nitrogens with zero attached hydrogens (tertiary/aromatic N) is 1. The highest BCUT2D eigenvalue weighted by Gasteiger charge is 2.28. The van der Waals surface area contributed by atoms with Crippen LogP contribution in [-0.4, -0.2) is 38.0 Å². The summed E-state index contributed by atoms with van der Waals surface area (Å²) < 4.78 is 23.4. The molecule has 0 radical (unpaired) electrons. The first-order valence-corrected chi connectivity index (χ1v) is 9.20. The van der Waals surface area contributed by atoms with E-state index in [0.717, 1.165) is 12.1 Å². The van der Waals surface area contributed by atoms with Crippen LogP contribution < -0.4 is 10.6 Å². The Morgan fingerprint density at radius 2 is 1.77 bits per heavy atom. The highest BCUT2D eigenvalue weighted by Crippen LogP contribution is 2.15. The van der Waals surface area contributed by atoms with Gasteiger partial charge in [-0.25, -0.2) is 13.4 Å². The van der Waals surface area contributed by atoms with Crippen LogP contribution in [0.5, 0.6) is 0 Å². The zero-order valence-electron chi connectivity index (χ0n) is 13.9. The maximum absolute atomic E-state index is 12.1. The first-order chi connectivity index (χ1) is 10.3. The summed E-state index contributed by atoms with van der Waals surface area (Å²) in [6.07, 6.45) is 0. The van der Waals surface area contributed by atoms with Crippen LogP contribution in [0.1, 0.15) is 33.3 Å². The molecule has 22 heavy (non-hydrogen) atoms. The topological polar surface area (TPSA) is 70.6 Å². The van der Waals surface area contributed by atoms with Gasteiger partial charge in [0.2, 0.25) is 0 Å². The highest BCUT2D eigenvalue weighted by atomic mass is 32.2. The fraction of sp³-hybridized carbons (Fsp3) is 0.562. The van der Waals surface area contributed by atoms with E-state index in [1.807, 2.05) is 37.3 Å². The van der Waals surface area contributed by atoms with Crippen LogP contribution in [0.3, 0.4) is 0 Å². The fourth-order valence-electron chi connectivity index (χ4n) is 1.71. The largest absolute Gasteiger partial charge is 0.357 e. The lowest BCUT2D eigenvalue weighted by atomic mass is 10.2. The second-order valence-corrected chi connectivity index (χ2v) is 8.90. The number of nitrogens with one attached hydrogen (secondary N) is 2. The van der Waals surface area contributed by atoms with Crippen molar-refractivity contribution in [2.75, 3.05) is 18.8 Å². The van der Waals surface area contributed by atoms with Gasteiger partial charge in [-0.2, -0.15) is 0 Å². The number of rotatable bonds is 6. The molecular weight excluding hydrogens is 298 g/mol. The van der Waals surface area contributed by atoms with Crippen molar-refractivity contribution in [1.29, 1.82) is 0 Å². The zero-order chi connectivity index (χ0) is 16.6. The minimum atomic E-state index is -3.12. The summed E-state index contributed by atoms with van der Waals surface area (Å²) in [5.41, 5.74) is 1.11.